The molecule has 0 saturated carbocycles. The number of aliphatic imine (C=N–C) groups is 1. The summed E-state index contributed by atoms with van der Waals surface area (Å²) in [4.78, 5) is 16.3. The van der Waals surface area contributed by atoms with Gasteiger partial charge in [0.15, 0.2) is 5.58 Å². The molecule has 3 heterocycles. The number of hydrogen-bond acceptors (Lipinski definition) is 7. The highest BCUT2D eigenvalue weighted by atomic mass is 16.5. The molecule has 1 amide bonds. The maximum atomic E-state index is 11.8. The number of aromatic nitrogens is 1. The summed E-state index contributed by atoms with van der Waals surface area (Å²) in [5.74, 6) is 0.242. The average Bonchev–Trinajstić information content (AvgIpc) is 3.08. The predicted molar refractivity (Wildman–Crippen MR) is 118 cm³/mol. The number of nitrogens with two attached hydrogens (primary N) is 1. The van der Waals surface area contributed by atoms with Gasteiger partial charge in [0.1, 0.15) is 17.7 Å². The van der Waals surface area contributed by atoms with E-state index in [9.17, 15) is 4.79 Å². The predicted octanol–water partition coefficient (Wildman–Crippen LogP) is 2.48. The summed E-state index contributed by atoms with van der Waals surface area (Å²) in [5, 5.41) is 15.5. The molecule has 0 fully saturated rings. The molecule has 0 saturated heterocycles. The molecule has 2 aromatic carbocycles. The zero-order valence-corrected chi connectivity index (χ0v) is 16.7. The van der Waals surface area contributed by atoms with Crippen LogP contribution in [-0.4, -0.2) is 23.4 Å². The number of para-hydroxylation sites is 1. The fraction of sp³-hybridized carbons (Fsp3) is 0.174. The number of primary amides is 1. The molecule has 1 aromatic heterocycles. The molecule has 156 valence electrons. The topological polar surface area (TPSA) is 118 Å². The van der Waals surface area contributed by atoms with E-state index in [4.69, 9.17) is 10.3 Å². The van der Waals surface area contributed by atoms with Crippen LogP contribution in [0.1, 0.15) is 34.2 Å². The van der Waals surface area contributed by atoms with Crippen molar-refractivity contribution < 1.29 is 9.32 Å². The molecule has 0 radical (unpaired) electrons. The number of nitrogens with zero attached hydrogens (tertiary/aromatic N) is 2. The van der Waals surface area contributed by atoms with Gasteiger partial charge < -0.3 is 15.6 Å². The van der Waals surface area contributed by atoms with E-state index in [2.05, 4.69) is 44.3 Å². The van der Waals surface area contributed by atoms with E-state index in [0.717, 1.165) is 23.2 Å². The lowest BCUT2D eigenvalue weighted by Crippen LogP contribution is -2.53. The van der Waals surface area contributed by atoms with Gasteiger partial charge in [-0.3, -0.25) is 15.4 Å². The van der Waals surface area contributed by atoms with Crippen molar-refractivity contribution in [2.24, 2.45) is 10.7 Å². The Balaban J connectivity index is 1.48. The number of amides is 1. The Hall–Kier alpha value is -3.75. The fourth-order valence-corrected chi connectivity index (χ4v) is 3.91. The van der Waals surface area contributed by atoms with Gasteiger partial charge in [0.25, 0.3) is 5.91 Å². The first-order valence-corrected chi connectivity index (χ1v) is 10.1. The largest absolute Gasteiger partial charge is 0.365 e. The number of allylic oxidation sites excluding steroid dienone is 2. The Bertz CT molecular complexity index is 1210. The minimum atomic E-state index is -0.551. The first-order valence-electron chi connectivity index (χ1n) is 10.1. The van der Waals surface area contributed by atoms with Crippen molar-refractivity contribution in [3.8, 4) is 0 Å². The maximum Gasteiger partial charge on any atom is 0.252 e. The van der Waals surface area contributed by atoms with Crippen LogP contribution in [0.3, 0.4) is 0 Å². The Labute approximate surface area is 178 Å². The number of rotatable bonds is 5. The Morgan fingerprint density at radius 2 is 2.06 bits per heavy atom. The van der Waals surface area contributed by atoms with Crippen molar-refractivity contribution in [3.05, 3.63) is 88.9 Å². The molecule has 31 heavy (non-hydrogen) atoms. The van der Waals surface area contributed by atoms with Crippen LogP contribution in [0.4, 0.5) is 0 Å². The van der Waals surface area contributed by atoms with Gasteiger partial charge >= 0.3 is 0 Å². The molecule has 2 unspecified atom stereocenters. The summed E-state index contributed by atoms with van der Waals surface area (Å²) < 4.78 is 5.50. The van der Waals surface area contributed by atoms with E-state index in [1.54, 1.807) is 18.3 Å². The molecule has 3 aromatic rings. The second-order valence-electron chi connectivity index (χ2n) is 7.44. The number of hydrogen-bond donors (Lipinski definition) is 4. The quantitative estimate of drug-likeness (QED) is 0.510. The summed E-state index contributed by atoms with van der Waals surface area (Å²) in [5.41, 5.74) is 9.12. The minimum Gasteiger partial charge on any atom is -0.365 e. The lowest BCUT2D eigenvalue weighted by molar-refractivity contribution is 0.100. The van der Waals surface area contributed by atoms with Crippen molar-refractivity contribution in [1.82, 2.24) is 21.1 Å². The van der Waals surface area contributed by atoms with Crippen molar-refractivity contribution in [3.63, 3.8) is 0 Å². The Morgan fingerprint density at radius 1 is 1.19 bits per heavy atom. The molecule has 2 aliphatic heterocycles. The smallest absolute Gasteiger partial charge is 0.252 e. The first-order chi connectivity index (χ1) is 15.2. The Kier molecular flexibility index (Phi) is 5.07. The van der Waals surface area contributed by atoms with E-state index in [0.29, 0.717) is 23.4 Å². The van der Waals surface area contributed by atoms with Crippen LogP contribution in [0.5, 0.6) is 0 Å². The highest BCUT2D eigenvalue weighted by Gasteiger charge is 2.31. The Morgan fingerprint density at radius 3 is 2.90 bits per heavy atom. The molecule has 0 bridgehead atoms. The minimum absolute atomic E-state index is 0.132. The lowest BCUT2D eigenvalue weighted by Gasteiger charge is -2.34. The van der Waals surface area contributed by atoms with Crippen LogP contribution in [0, 0.1) is 0 Å². The van der Waals surface area contributed by atoms with Gasteiger partial charge in [-0.1, -0.05) is 47.6 Å². The second kappa shape index (κ2) is 8.17. The lowest BCUT2D eigenvalue weighted by atomic mass is 10.0. The van der Waals surface area contributed by atoms with Gasteiger partial charge in [-0.05, 0) is 30.2 Å². The maximum absolute atomic E-state index is 11.8. The van der Waals surface area contributed by atoms with Crippen molar-refractivity contribution >= 4 is 23.1 Å². The third kappa shape index (κ3) is 3.74. The number of carbonyl (C=O) groups is 1. The number of fused-ring (bicyclic) bond motifs is 1. The molecule has 5 rings (SSSR count). The molecule has 5 N–H and O–H groups in total. The van der Waals surface area contributed by atoms with E-state index in [-0.39, 0.29) is 12.3 Å². The third-order valence-electron chi connectivity index (χ3n) is 5.45. The molecule has 8 nitrogen and oxygen atoms in total. The number of benzene rings is 2. The normalized spacial score (nSPS) is 20.4. The van der Waals surface area contributed by atoms with Crippen LogP contribution in [0.15, 0.2) is 81.6 Å². The molecule has 2 aliphatic rings. The van der Waals surface area contributed by atoms with Crippen LogP contribution in [0.25, 0.3) is 11.0 Å². The monoisotopic (exact) mass is 414 g/mol. The zero-order chi connectivity index (χ0) is 21.2. The summed E-state index contributed by atoms with van der Waals surface area (Å²) in [6.45, 7) is 0.695. The van der Waals surface area contributed by atoms with Gasteiger partial charge in [0, 0.05) is 23.7 Å². The first kappa shape index (κ1) is 19.2. The van der Waals surface area contributed by atoms with Crippen molar-refractivity contribution in [2.45, 2.75) is 25.3 Å². The van der Waals surface area contributed by atoms with Gasteiger partial charge in [-0.15, -0.1) is 0 Å². The molecular weight excluding hydrogens is 392 g/mol. The molecule has 0 spiro atoms. The standard InChI is InChI=1S/C23H22N6O2/c24-20(30)16-11-6-10-15-18(29-31-19(15)16)23-27-21-17(9-4-5-12-25-21)22(28-23)26-13-14-7-2-1-3-8-14/h1-8,10-12,22-23,26-28H,9,13H2,(H2,24,30). The van der Waals surface area contributed by atoms with Gasteiger partial charge in [-0.2, -0.15) is 0 Å². The van der Waals surface area contributed by atoms with Crippen LogP contribution in [-0.2, 0) is 6.54 Å². The van der Waals surface area contributed by atoms with Crippen LogP contribution in [0.2, 0.25) is 0 Å². The highest BCUT2D eigenvalue weighted by molar-refractivity contribution is 6.04. The van der Waals surface area contributed by atoms with E-state index >= 15 is 0 Å². The SMILES string of the molecule is NC(=O)c1cccc2c(C3NC4=C(CC=CC=N4)C(NCc4ccccc4)N3)noc12. The number of carbonyl (C=O) groups excluding carboxylic acids is 1. The second-order valence-corrected chi connectivity index (χ2v) is 7.44. The van der Waals surface area contributed by atoms with Crippen molar-refractivity contribution in [2.75, 3.05) is 0 Å². The zero-order valence-electron chi connectivity index (χ0n) is 16.7. The van der Waals surface area contributed by atoms with Gasteiger partial charge in [0.2, 0.25) is 0 Å². The van der Waals surface area contributed by atoms with Crippen molar-refractivity contribution in [1.29, 1.82) is 0 Å². The van der Waals surface area contributed by atoms with Gasteiger partial charge in [-0.25, -0.2) is 4.99 Å². The molecule has 0 aliphatic carbocycles. The summed E-state index contributed by atoms with van der Waals surface area (Å²) in [7, 11) is 0. The van der Waals surface area contributed by atoms with E-state index in [1.165, 1.54) is 5.56 Å². The summed E-state index contributed by atoms with van der Waals surface area (Å²) >= 11 is 0. The highest BCUT2D eigenvalue weighted by Crippen LogP contribution is 2.30. The average molecular weight is 414 g/mol. The number of nitrogens with one attached hydrogen (secondary N) is 3. The molecule has 8 heteroatoms. The van der Waals surface area contributed by atoms with Gasteiger partial charge in [0.05, 0.1) is 11.7 Å². The summed E-state index contributed by atoms with van der Waals surface area (Å²) in [6.07, 6.45) is 6.06. The third-order valence-corrected chi connectivity index (χ3v) is 5.45. The van der Waals surface area contributed by atoms with E-state index < -0.39 is 5.91 Å². The molecular formula is C23H22N6O2. The fourth-order valence-electron chi connectivity index (χ4n) is 3.91. The van der Waals surface area contributed by atoms with E-state index in [1.807, 2.05) is 30.3 Å². The van der Waals surface area contributed by atoms with Crippen LogP contribution >= 0.6 is 0 Å². The summed E-state index contributed by atoms with van der Waals surface area (Å²) in [6, 6.07) is 15.5. The van der Waals surface area contributed by atoms with Crippen LogP contribution < -0.4 is 21.7 Å². The molecule has 2 atom stereocenters.